The number of hydrogen-bond donors (Lipinski definition) is 0. The highest BCUT2D eigenvalue weighted by atomic mass is 35.5. The number of halogens is 6. The molecule has 0 fully saturated rings. The minimum atomic E-state index is -4.69. The first kappa shape index (κ1) is 20.6. The standard InChI is InChI=1S/C19H12Cl2F4N4O/c20-13-11(6-7-12(22)14(13)21)17(30)28-8-9-29-16(26-27-18(29)19(23,24)25)15(28)10-4-2-1-3-5-10/h1-7,15H,8-9H2/t15-/m0/s1. The number of hydrogen-bond acceptors (Lipinski definition) is 3. The van der Waals surface area contributed by atoms with Gasteiger partial charge >= 0.3 is 6.18 Å². The molecule has 4 rings (SSSR count). The average Bonchev–Trinajstić information content (AvgIpc) is 3.16. The van der Waals surface area contributed by atoms with Gasteiger partial charge in [-0.2, -0.15) is 13.2 Å². The Labute approximate surface area is 177 Å². The molecule has 1 amide bonds. The van der Waals surface area contributed by atoms with Crippen molar-refractivity contribution >= 4 is 29.1 Å². The Morgan fingerprint density at radius 3 is 2.37 bits per heavy atom. The molecule has 1 aliphatic rings. The SMILES string of the molecule is O=C(c1ccc(F)c(Cl)c1Cl)N1CCn2c(nnc2C(F)(F)F)[C@@H]1c1ccccc1. The summed E-state index contributed by atoms with van der Waals surface area (Å²) in [6.07, 6.45) is -4.69. The molecule has 5 nitrogen and oxygen atoms in total. The lowest BCUT2D eigenvalue weighted by atomic mass is 10.0. The molecule has 156 valence electrons. The van der Waals surface area contributed by atoms with Gasteiger partial charge in [0.2, 0.25) is 5.82 Å². The third-order valence-corrected chi connectivity index (χ3v) is 5.65. The lowest BCUT2D eigenvalue weighted by Crippen LogP contribution is -2.43. The van der Waals surface area contributed by atoms with E-state index in [0.717, 1.165) is 10.6 Å². The van der Waals surface area contributed by atoms with Gasteiger partial charge in [-0.1, -0.05) is 53.5 Å². The summed E-state index contributed by atoms with van der Waals surface area (Å²) in [5.41, 5.74) is 0.477. The molecule has 0 radical (unpaired) electrons. The number of benzene rings is 2. The maximum Gasteiger partial charge on any atom is 0.451 e. The first-order valence-corrected chi connectivity index (χ1v) is 9.45. The Bertz CT molecular complexity index is 1120. The van der Waals surface area contributed by atoms with Crippen molar-refractivity contribution in [3.8, 4) is 0 Å². The molecule has 30 heavy (non-hydrogen) atoms. The van der Waals surface area contributed by atoms with Crippen molar-refractivity contribution in [1.82, 2.24) is 19.7 Å². The Kier molecular flexibility index (Phi) is 5.19. The summed E-state index contributed by atoms with van der Waals surface area (Å²) in [5.74, 6) is -2.56. The van der Waals surface area contributed by atoms with Crippen LogP contribution in [-0.2, 0) is 12.7 Å². The summed E-state index contributed by atoms with van der Waals surface area (Å²) >= 11 is 11.9. The first-order valence-electron chi connectivity index (χ1n) is 8.70. The largest absolute Gasteiger partial charge is 0.451 e. The number of fused-ring (bicyclic) bond motifs is 1. The molecule has 2 aromatic carbocycles. The van der Waals surface area contributed by atoms with Gasteiger partial charge in [0.15, 0.2) is 5.82 Å². The zero-order valence-electron chi connectivity index (χ0n) is 15.0. The van der Waals surface area contributed by atoms with Gasteiger partial charge in [0.25, 0.3) is 5.91 Å². The maximum absolute atomic E-state index is 13.6. The lowest BCUT2D eigenvalue weighted by Gasteiger charge is -2.36. The number of carbonyl (C=O) groups is 1. The maximum atomic E-state index is 13.6. The van der Waals surface area contributed by atoms with Gasteiger partial charge in [-0.15, -0.1) is 10.2 Å². The number of amides is 1. The number of alkyl halides is 3. The van der Waals surface area contributed by atoms with Crippen LogP contribution in [0.15, 0.2) is 42.5 Å². The molecular formula is C19H12Cl2F4N4O. The zero-order chi connectivity index (χ0) is 21.6. The van der Waals surface area contributed by atoms with E-state index in [-0.39, 0.29) is 29.5 Å². The fourth-order valence-electron chi connectivity index (χ4n) is 3.45. The molecule has 1 aromatic heterocycles. The van der Waals surface area contributed by atoms with E-state index < -0.39 is 34.8 Å². The van der Waals surface area contributed by atoms with Gasteiger partial charge < -0.3 is 9.47 Å². The van der Waals surface area contributed by atoms with Crippen LogP contribution in [-0.4, -0.2) is 32.1 Å². The highest BCUT2D eigenvalue weighted by Crippen LogP contribution is 2.38. The third-order valence-electron chi connectivity index (χ3n) is 4.80. The van der Waals surface area contributed by atoms with Gasteiger partial charge in [-0.25, -0.2) is 4.39 Å². The highest BCUT2D eigenvalue weighted by Gasteiger charge is 2.43. The predicted octanol–water partition coefficient (Wildman–Crippen LogP) is 4.99. The number of rotatable bonds is 2. The van der Waals surface area contributed by atoms with Crippen molar-refractivity contribution < 1.29 is 22.4 Å². The first-order chi connectivity index (χ1) is 14.2. The van der Waals surface area contributed by atoms with Crippen molar-refractivity contribution in [2.75, 3.05) is 6.54 Å². The fraction of sp³-hybridized carbons (Fsp3) is 0.211. The molecule has 0 spiro atoms. The Morgan fingerprint density at radius 2 is 1.70 bits per heavy atom. The Hall–Kier alpha value is -2.65. The quantitative estimate of drug-likeness (QED) is 0.401. The topological polar surface area (TPSA) is 51.0 Å². The number of carbonyl (C=O) groups excluding carboxylic acids is 1. The van der Waals surface area contributed by atoms with Gasteiger partial charge in [0.05, 0.1) is 15.6 Å². The second-order valence-electron chi connectivity index (χ2n) is 6.57. The van der Waals surface area contributed by atoms with Crippen LogP contribution >= 0.6 is 23.2 Å². The zero-order valence-corrected chi connectivity index (χ0v) is 16.5. The minimum Gasteiger partial charge on any atom is -0.322 e. The number of aromatic nitrogens is 3. The summed E-state index contributed by atoms with van der Waals surface area (Å²) in [7, 11) is 0. The van der Waals surface area contributed by atoms with Gasteiger partial charge in [0, 0.05) is 13.1 Å². The van der Waals surface area contributed by atoms with E-state index in [1.165, 1.54) is 11.0 Å². The van der Waals surface area contributed by atoms with E-state index in [0.29, 0.717) is 5.56 Å². The monoisotopic (exact) mass is 458 g/mol. The predicted molar refractivity (Wildman–Crippen MR) is 101 cm³/mol. The molecule has 1 aliphatic heterocycles. The van der Waals surface area contributed by atoms with E-state index in [9.17, 15) is 22.4 Å². The summed E-state index contributed by atoms with van der Waals surface area (Å²) in [5, 5.41) is 6.38. The van der Waals surface area contributed by atoms with Gasteiger partial charge in [-0.05, 0) is 17.7 Å². The van der Waals surface area contributed by atoms with E-state index in [1.807, 2.05) is 0 Å². The molecule has 0 aliphatic carbocycles. The summed E-state index contributed by atoms with van der Waals surface area (Å²) in [6.45, 7) is -0.239. The molecule has 0 saturated heterocycles. The van der Waals surface area contributed by atoms with Crippen LogP contribution in [0.5, 0.6) is 0 Å². The van der Waals surface area contributed by atoms with Crippen LogP contribution in [0.2, 0.25) is 10.0 Å². The van der Waals surface area contributed by atoms with Crippen LogP contribution in [0, 0.1) is 5.82 Å². The molecule has 1 atom stereocenters. The molecule has 0 N–H and O–H groups in total. The van der Waals surface area contributed by atoms with E-state index >= 15 is 0 Å². The lowest BCUT2D eigenvalue weighted by molar-refractivity contribution is -0.148. The third kappa shape index (κ3) is 3.41. The van der Waals surface area contributed by atoms with Crippen LogP contribution in [0.25, 0.3) is 0 Å². The fourth-order valence-corrected chi connectivity index (χ4v) is 3.85. The second kappa shape index (κ2) is 7.55. The van der Waals surface area contributed by atoms with Gasteiger partial charge in [-0.3, -0.25) is 4.79 Å². The van der Waals surface area contributed by atoms with Crippen molar-refractivity contribution in [2.45, 2.75) is 18.8 Å². The molecule has 3 aromatic rings. The normalized spacial score (nSPS) is 16.5. The van der Waals surface area contributed by atoms with E-state index in [1.54, 1.807) is 30.3 Å². The molecule has 0 bridgehead atoms. The van der Waals surface area contributed by atoms with Crippen molar-refractivity contribution in [3.05, 3.63) is 81.1 Å². The van der Waals surface area contributed by atoms with Crippen molar-refractivity contribution in [3.63, 3.8) is 0 Å². The van der Waals surface area contributed by atoms with Crippen molar-refractivity contribution in [2.24, 2.45) is 0 Å². The smallest absolute Gasteiger partial charge is 0.322 e. The number of nitrogens with zero attached hydrogens (tertiary/aromatic N) is 4. The van der Waals surface area contributed by atoms with Crippen LogP contribution in [0.3, 0.4) is 0 Å². The van der Waals surface area contributed by atoms with Crippen molar-refractivity contribution in [1.29, 1.82) is 0 Å². The molecule has 2 heterocycles. The van der Waals surface area contributed by atoms with E-state index in [4.69, 9.17) is 23.2 Å². The van der Waals surface area contributed by atoms with Crippen LogP contribution < -0.4 is 0 Å². The summed E-state index contributed by atoms with van der Waals surface area (Å²) in [6, 6.07) is 9.71. The summed E-state index contributed by atoms with van der Waals surface area (Å²) in [4.78, 5) is 14.6. The molecule has 11 heteroatoms. The van der Waals surface area contributed by atoms with E-state index in [2.05, 4.69) is 10.2 Å². The van der Waals surface area contributed by atoms with Crippen LogP contribution in [0.1, 0.15) is 33.6 Å². The summed E-state index contributed by atoms with van der Waals surface area (Å²) < 4.78 is 54.6. The average molecular weight is 459 g/mol. The highest BCUT2D eigenvalue weighted by molar-refractivity contribution is 6.44. The molecular weight excluding hydrogens is 447 g/mol. The minimum absolute atomic E-state index is 0.0301. The van der Waals surface area contributed by atoms with Crippen LogP contribution in [0.4, 0.5) is 17.6 Å². The Balaban J connectivity index is 1.83. The second-order valence-corrected chi connectivity index (χ2v) is 7.32. The molecule has 0 saturated carbocycles. The Morgan fingerprint density at radius 1 is 1.00 bits per heavy atom. The van der Waals surface area contributed by atoms with Gasteiger partial charge in [0.1, 0.15) is 11.9 Å². The molecule has 0 unspecified atom stereocenters.